The van der Waals surface area contributed by atoms with Crippen molar-refractivity contribution in [2.75, 3.05) is 26.4 Å². The minimum Gasteiger partial charge on any atom is -0.309 e. The minimum atomic E-state index is -2.15. The molecule has 0 aliphatic carbocycles. The normalized spacial score (nSPS) is 16.8. The second-order valence-corrected chi connectivity index (χ2v) is 15.2. The van der Waals surface area contributed by atoms with Crippen LogP contribution in [0.2, 0.25) is 0 Å². The highest BCUT2D eigenvalue weighted by Gasteiger charge is 2.33. The van der Waals surface area contributed by atoms with Crippen molar-refractivity contribution in [3.05, 3.63) is 36.5 Å². The van der Waals surface area contributed by atoms with Gasteiger partial charge in [-0.2, -0.15) is 0 Å². The van der Waals surface area contributed by atoms with Crippen molar-refractivity contribution in [1.29, 1.82) is 0 Å². The van der Waals surface area contributed by atoms with E-state index in [9.17, 15) is 0 Å². The summed E-state index contributed by atoms with van der Waals surface area (Å²) in [7, 11) is 2.15. The number of hydrogen-bond donors (Lipinski definition) is 0. The molecule has 262 valence electrons. The van der Waals surface area contributed by atoms with E-state index in [0.29, 0.717) is 0 Å². The molecular weight excluding hydrogens is 563 g/mol. The van der Waals surface area contributed by atoms with Crippen molar-refractivity contribution in [3.63, 3.8) is 0 Å². The van der Waals surface area contributed by atoms with E-state index < -0.39 is 10.9 Å². The van der Waals surface area contributed by atoms with E-state index in [1.807, 2.05) is 0 Å². The Labute approximate surface area is 278 Å². The van der Waals surface area contributed by atoms with Crippen molar-refractivity contribution in [3.8, 4) is 0 Å². The van der Waals surface area contributed by atoms with E-state index in [-0.39, 0.29) is 18.3 Å². The quantitative estimate of drug-likeness (QED) is 0.0541. The molecule has 0 aromatic rings. The molecular formula is C39H77NO3S. The average Bonchev–Trinajstić information content (AvgIpc) is 2.98. The summed E-state index contributed by atoms with van der Waals surface area (Å²) < 4.78 is 20.8. The zero-order chi connectivity index (χ0) is 32.7. The third-order valence-corrected chi connectivity index (χ3v) is 10.5. The lowest BCUT2D eigenvalue weighted by atomic mass is 10.1. The number of unbranched alkanes of at least 4 members (excludes halogenated alkanes) is 10. The van der Waals surface area contributed by atoms with Gasteiger partial charge >= 0.3 is 0 Å². The van der Waals surface area contributed by atoms with Crippen LogP contribution >= 0.6 is 10.9 Å². The van der Waals surface area contributed by atoms with Crippen LogP contribution in [0.1, 0.15) is 170 Å². The molecule has 0 bridgehead atoms. The first-order chi connectivity index (χ1) is 21.3. The lowest BCUT2D eigenvalue weighted by Crippen LogP contribution is -2.28. The molecule has 3 atom stereocenters. The fraction of sp³-hybridized carbons (Fsp3) is 0.846. The molecule has 5 heteroatoms. The maximum Gasteiger partial charge on any atom is 0.0895 e. The van der Waals surface area contributed by atoms with Crippen molar-refractivity contribution < 1.29 is 12.5 Å². The zero-order valence-electron chi connectivity index (χ0n) is 30.8. The molecule has 0 spiro atoms. The van der Waals surface area contributed by atoms with E-state index >= 15 is 0 Å². The molecule has 4 nitrogen and oxygen atoms in total. The number of rotatable bonds is 32. The molecule has 3 unspecified atom stereocenters. The Kier molecular flexibility index (Phi) is 30.6. The fourth-order valence-electron chi connectivity index (χ4n) is 5.05. The lowest BCUT2D eigenvalue weighted by Gasteiger charge is -2.43. The Morgan fingerprint density at radius 1 is 0.477 bits per heavy atom. The Balaban J connectivity index is 5.49. The van der Waals surface area contributed by atoms with Crippen LogP contribution in [0, 0.1) is 0 Å². The van der Waals surface area contributed by atoms with Crippen molar-refractivity contribution in [2.45, 2.75) is 188 Å². The summed E-state index contributed by atoms with van der Waals surface area (Å²) in [5.74, 6) is 0.840. The van der Waals surface area contributed by atoms with Crippen molar-refractivity contribution in [1.82, 2.24) is 4.90 Å². The topological polar surface area (TPSA) is 30.9 Å². The summed E-state index contributed by atoms with van der Waals surface area (Å²) in [6.45, 7) is 14.5. The highest BCUT2D eigenvalue weighted by molar-refractivity contribution is 8.21. The Hall–Kier alpha value is -0.590. The molecule has 0 heterocycles. The third kappa shape index (κ3) is 27.7. The standard InChI is InChI=1S/C39H77NO3S/c1-9-12-15-18-21-24-27-32-37(4)41-44(36-31-30-35-40(7)8,42-38(5)33-28-25-22-19-16-13-10-2)43-39(6)34-29-26-23-20-17-14-11-3/h21-26,37-39H,9-20,27-36H2,1-8H3/b24-21-,25-22-,26-23-. The molecule has 0 saturated carbocycles. The number of allylic oxidation sites excluding steroid dienone is 6. The molecule has 0 saturated heterocycles. The maximum atomic E-state index is 6.93. The molecule has 0 radical (unpaired) electrons. The van der Waals surface area contributed by atoms with E-state index in [0.717, 1.165) is 63.7 Å². The van der Waals surface area contributed by atoms with Crippen LogP contribution in [-0.4, -0.2) is 49.6 Å². The summed E-state index contributed by atoms with van der Waals surface area (Å²) in [6.07, 6.45) is 37.9. The molecule has 0 fully saturated rings. The third-order valence-electron chi connectivity index (χ3n) is 7.82. The lowest BCUT2D eigenvalue weighted by molar-refractivity contribution is 0.0816. The Morgan fingerprint density at radius 2 is 0.818 bits per heavy atom. The molecule has 44 heavy (non-hydrogen) atoms. The van der Waals surface area contributed by atoms with Gasteiger partial charge in [0, 0.05) is 5.75 Å². The van der Waals surface area contributed by atoms with Gasteiger partial charge < -0.3 is 4.90 Å². The first kappa shape index (κ1) is 43.4. The van der Waals surface area contributed by atoms with Gasteiger partial charge in [-0.05, 0) is 131 Å². The van der Waals surface area contributed by atoms with E-state index in [2.05, 4.69) is 97.0 Å². The molecule has 0 aromatic carbocycles. The van der Waals surface area contributed by atoms with Crippen LogP contribution in [-0.2, 0) is 12.5 Å². The predicted octanol–water partition coefficient (Wildman–Crippen LogP) is 12.8. The number of hydrogen-bond acceptors (Lipinski definition) is 4. The van der Waals surface area contributed by atoms with E-state index in [4.69, 9.17) is 12.5 Å². The first-order valence-corrected chi connectivity index (χ1v) is 20.3. The predicted molar refractivity (Wildman–Crippen MR) is 199 cm³/mol. The highest BCUT2D eigenvalue weighted by Crippen LogP contribution is 2.56. The number of nitrogens with zero attached hydrogens (tertiary/aromatic N) is 1. The zero-order valence-corrected chi connectivity index (χ0v) is 31.6. The van der Waals surface area contributed by atoms with Crippen LogP contribution in [0.25, 0.3) is 0 Å². The van der Waals surface area contributed by atoms with Gasteiger partial charge in [-0.15, -0.1) is 0 Å². The summed E-state index contributed by atoms with van der Waals surface area (Å²) in [5, 5.41) is 0. The van der Waals surface area contributed by atoms with Gasteiger partial charge in [0.25, 0.3) is 0 Å². The summed E-state index contributed by atoms with van der Waals surface area (Å²) in [4.78, 5) is 2.26. The average molecular weight is 640 g/mol. The largest absolute Gasteiger partial charge is 0.309 e. The van der Waals surface area contributed by atoms with Gasteiger partial charge in [0.05, 0.1) is 29.2 Å². The van der Waals surface area contributed by atoms with Gasteiger partial charge in [0.2, 0.25) is 0 Å². The second kappa shape index (κ2) is 31.0. The van der Waals surface area contributed by atoms with E-state index in [1.54, 1.807) is 0 Å². The van der Waals surface area contributed by atoms with Crippen molar-refractivity contribution in [2.24, 2.45) is 0 Å². The van der Waals surface area contributed by atoms with Crippen LogP contribution in [0.3, 0.4) is 0 Å². The molecule has 0 aliphatic heterocycles. The van der Waals surface area contributed by atoms with Crippen LogP contribution in [0.5, 0.6) is 0 Å². The monoisotopic (exact) mass is 640 g/mol. The molecule has 0 aliphatic rings. The molecule has 0 rings (SSSR count). The molecule has 0 amide bonds. The van der Waals surface area contributed by atoms with E-state index in [1.165, 1.54) is 77.0 Å². The highest BCUT2D eigenvalue weighted by atomic mass is 32.3. The van der Waals surface area contributed by atoms with Gasteiger partial charge in [-0.25, -0.2) is 0 Å². The second-order valence-electron chi connectivity index (χ2n) is 13.1. The maximum absolute atomic E-state index is 6.93. The first-order valence-electron chi connectivity index (χ1n) is 18.7. The van der Waals surface area contributed by atoms with Gasteiger partial charge in [-0.3, -0.25) is 12.5 Å². The smallest absolute Gasteiger partial charge is 0.0895 e. The molecule has 0 N–H and O–H groups in total. The van der Waals surface area contributed by atoms with Gasteiger partial charge in [-0.1, -0.05) is 95.8 Å². The Bertz CT molecular complexity index is 614. The summed E-state index contributed by atoms with van der Waals surface area (Å²) >= 11 is 0. The summed E-state index contributed by atoms with van der Waals surface area (Å²) in [6, 6.07) is 0. The van der Waals surface area contributed by atoms with Crippen LogP contribution < -0.4 is 0 Å². The van der Waals surface area contributed by atoms with Gasteiger partial charge in [0.1, 0.15) is 0 Å². The van der Waals surface area contributed by atoms with Crippen LogP contribution in [0.4, 0.5) is 0 Å². The van der Waals surface area contributed by atoms with Gasteiger partial charge in [0.15, 0.2) is 0 Å². The van der Waals surface area contributed by atoms with Crippen molar-refractivity contribution >= 4 is 10.9 Å². The SMILES string of the molecule is CCCCC/C=C\CCC(C)OS(CCCCN(C)C)(OC(C)CC/C=C\CCCCC)OC(C)CC/C=C\CCCCC. The fourth-order valence-corrected chi connectivity index (χ4v) is 7.82. The summed E-state index contributed by atoms with van der Waals surface area (Å²) in [5.41, 5.74) is 0. The van der Waals surface area contributed by atoms with Crippen LogP contribution in [0.15, 0.2) is 36.5 Å². The Morgan fingerprint density at radius 3 is 1.14 bits per heavy atom. The molecule has 0 aromatic heterocycles. The minimum absolute atomic E-state index is 0.0930.